The summed E-state index contributed by atoms with van der Waals surface area (Å²) in [6.07, 6.45) is 6.99. The number of hydrogen-bond acceptors (Lipinski definition) is 2. The average molecular weight is 182 g/mol. The number of allylic oxidation sites excluding steroid dienone is 1. The molecule has 0 aromatic heterocycles. The number of nitrogens with zero attached hydrogens (tertiary/aromatic N) is 1. The molecule has 1 aliphatic carbocycles. The predicted octanol–water partition coefficient (Wildman–Crippen LogP) is 1.62. The van der Waals surface area contributed by atoms with Crippen LogP contribution in [0.2, 0.25) is 0 Å². The lowest BCUT2D eigenvalue weighted by atomic mass is 10.1. The SMILES string of the molecule is C=CCCCN(C)CC1(CN)CC1. The summed E-state index contributed by atoms with van der Waals surface area (Å²) in [5.74, 6) is 0. The first-order valence-corrected chi connectivity index (χ1v) is 5.22. The van der Waals surface area contributed by atoms with Crippen LogP contribution >= 0.6 is 0 Å². The monoisotopic (exact) mass is 182 g/mol. The van der Waals surface area contributed by atoms with E-state index in [2.05, 4.69) is 18.5 Å². The van der Waals surface area contributed by atoms with Crippen LogP contribution in [0.4, 0.5) is 0 Å². The number of hydrogen-bond donors (Lipinski definition) is 1. The van der Waals surface area contributed by atoms with Crippen molar-refractivity contribution in [1.82, 2.24) is 4.90 Å². The topological polar surface area (TPSA) is 29.3 Å². The van der Waals surface area contributed by atoms with Crippen molar-refractivity contribution in [3.05, 3.63) is 12.7 Å². The van der Waals surface area contributed by atoms with E-state index in [1.54, 1.807) is 0 Å². The van der Waals surface area contributed by atoms with Crippen molar-refractivity contribution >= 4 is 0 Å². The highest BCUT2D eigenvalue weighted by atomic mass is 15.1. The van der Waals surface area contributed by atoms with Gasteiger partial charge in [0.2, 0.25) is 0 Å². The highest BCUT2D eigenvalue weighted by Crippen LogP contribution is 2.44. The van der Waals surface area contributed by atoms with Gasteiger partial charge in [0.15, 0.2) is 0 Å². The second kappa shape index (κ2) is 4.77. The van der Waals surface area contributed by atoms with Gasteiger partial charge in [-0.2, -0.15) is 0 Å². The van der Waals surface area contributed by atoms with Crippen molar-refractivity contribution in [2.45, 2.75) is 25.7 Å². The van der Waals surface area contributed by atoms with Crippen LogP contribution in [0.5, 0.6) is 0 Å². The summed E-state index contributed by atoms with van der Waals surface area (Å²) in [6, 6.07) is 0. The molecule has 2 N–H and O–H groups in total. The smallest absolute Gasteiger partial charge is 0.00470 e. The van der Waals surface area contributed by atoms with Gasteiger partial charge in [0.1, 0.15) is 0 Å². The van der Waals surface area contributed by atoms with Crippen LogP contribution in [0.15, 0.2) is 12.7 Å². The van der Waals surface area contributed by atoms with E-state index in [1.807, 2.05) is 6.08 Å². The summed E-state index contributed by atoms with van der Waals surface area (Å²) in [5.41, 5.74) is 6.22. The van der Waals surface area contributed by atoms with E-state index in [9.17, 15) is 0 Å². The van der Waals surface area contributed by atoms with Crippen molar-refractivity contribution in [2.24, 2.45) is 11.1 Å². The summed E-state index contributed by atoms with van der Waals surface area (Å²) in [5, 5.41) is 0. The first-order valence-electron chi connectivity index (χ1n) is 5.22. The molecule has 0 aromatic rings. The van der Waals surface area contributed by atoms with Gasteiger partial charge in [0, 0.05) is 6.54 Å². The molecule has 13 heavy (non-hydrogen) atoms. The Labute approximate surface area is 81.8 Å². The van der Waals surface area contributed by atoms with E-state index in [0.717, 1.165) is 13.0 Å². The minimum atomic E-state index is 0.489. The predicted molar refractivity (Wildman–Crippen MR) is 57.6 cm³/mol. The second-order valence-corrected chi connectivity index (χ2v) is 4.37. The van der Waals surface area contributed by atoms with Crippen LogP contribution in [-0.2, 0) is 0 Å². The molecule has 0 atom stereocenters. The van der Waals surface area contributed by atoms with Crippen LogP contribution in [0.25, 0.3) is 0 Å². The van der Waals surface area contributed by atoms with E-state index in [-0.39, 0.29) is 0 Å². The second-order valence-electron chi connectivity index (χ2n) is 4.37. The molecule has 2 heteroatoms. The Bertz CT molecular complexity index is 161. The quantitative estimate of drug-likeness (QED) is 0.479. The third-order valence-corrected chi connectivity index (χ3v) is 2.94. The molecule has 0 radical (unpaired) electrons. The van der Waals surface area contributed by atoms with Gasteiger partial charge in [0.25, 0.3) is 0 Å². The van der Waals surface area contributed by atoms with Gasteiger partial charge in [-0.3, -0.25) is 0 Å². The summed E-state index contributed by atoms with van der Waals surface area (Å²) in [7, 11) is 2.19. The fourth-order valence-electron chi connectivity index (χ4n) is 1.76. The molecule has 1 aliphatic rings. The molecule has 0 bridgehead atoms. The molecule has 0 aromatic carbocycles. The number of rotatable bonds is 7. The van der Waals surface area contributed by atoms with Gasteiger partial charge in [-0.25, -0.2) is 0 Å². The summed E-state index contributed by atoms with van der Waals surface area (Å²) in [6.45, 7) is 6.94. The van der Waals surface area contributed by atoms with Crippen LogP contribution in [-0.4, -0.2) is 31.6 Å². The van der Waals surface area contributed by atoms with Crippen LogP contribution < -0.4 is 5.73 Å². The summed E-state index contributed by atoms with van der Waals surface area (Å²) < 4.78 is 0. The third-order valence-electron chi connectivity index (χ3n) is 2.94. The molecule has 0 heterocycles. The number of unbranched alkanes of at least 4 members (excludes halogenated alkanes) is 1. The fourth-order valence-corrected chi connectivity index (χ4v) is 1.76. The highest BCUT2D eigenvalue weighted by Gasteiger charge is 2.41. The molecule has 0 aliphatic heterocycles. The fraction of sp³-hybridized carbons (Fsp3) is 0.818. The van der Waals surface area contributed by atoms with E-state index in [0.29, 0.717) is 5.41 Å². The minimum absolute atomic E-state index is 0.489. The molecule has 0 amide bonds. The lowest BCUT2D eigenvalue weighted by molar-refractivity contribution is 0.264. The minimum Gasteiger partial charge on any atom is -0.330 e. The molecule has 2 nitrogen and oxygen atoms in total. The Balaban J connectivity index is 2.10. The zero-order valence-electron chi connectivity index (χ0n) is 8.76. The first-order chi connectivity index (χ1) is 6.22. The molecule has 0 spiro atoms. The number of nitrogens with two attached hydrogens (primary N) is 1. The zero-order chi connectivity index (χ0) is 9.73. The van der Waals surface area contributed by atoms with Gasteiger partial charge in [-0.15, -0.1) is 6.58 Å². The van der Waals surface area contributed by atoms with E-state index in [1.165, 1.54) is 32.4 Å². The van der Waals surface area contributed by atoms with Crippen LogP contribution in [0.1, 0.15) is 25.7 Å². The summed E-state index contributed by atoms with van der Waals surface area (Å²) >= 11 is 0. The maximum Gasteiger partial charge on any atom is 0.00470 e. The van der Waals surface area contributed by atoms with Gasteiger partial charge < -0.3 is 10.6 Å². The largest absolute Gasteiger partial charge is 0.330 e. The molecule has 1 fully saturated rings. The van der Waals surface area contributed by atoms with E-state index in [4.69, 9.17) is 5.73 Å². The van der Waals surface area contributed by atoms with Crippen molar-refractivity contribution in [3.63, 3.8) is 0 Å². The normalized spacial score (nSPS) is 19.0. The van der Waals surface area contributed by atoms with Crippen LogP contribution in [0.3, 0.4) is 0 Å². The molecule has 0 unspecified atom stereocenters. The Kier molecular flexibility index (Phi) is 3.94. The molecule has 0 saturated heterocycles. The zero-order valence-corrected chi connectivity index (χ0v) is 8.76. The average Bonchev–Trinajstić information content (AvgIpc) is 2.86. The van der Waals surface area contributed by atoms with Gasteiger partial charge in [-0.1, -0.05) is 6.08 Å². The molecule has 76 valence electrons. The Hall–Kier alpha value is -0.340. The van der Waals surface area contributed by atoms with E-state index < -0.39 is 0 Å². The molecule has 1 rings (SSSR count). The Morgan fingerprint density at radius 1 is 1.54 bits per heavy atom. The van der Waals surface area contributed by atoms with Gasteiger partial charge in [-0.05, 0) is 51.2 Å². The maximum atomic E-state index is 5.73. The van der Waals surface area contributed by atoms with Crippen molar-refractivity contribution in [1.29, 1.82) is 0 Å². The van der Waals surface area contributed by atoms with Gasteiger partial charge >= 0.3 is 0 Å². The lowest BCUT2D eigenvalue weighted by Gasteiger charge is -2.22. The van der Waals surface area contributed by atoms with Crippen LogP contribution in [0, 0.1) is 5.41 Å². The molecule has 1 saturated carbocycles. The first kappa shape index (κ1) is 10.7. The van der Waals surface area contributed by atoms with Crippen molar-refractivity contribution in [3.8, 4) is 0 Å². The molecular formula is C11H22N2. The van der Waals surface area contributed by atoms with Gasteiger partial charge in [0.05, 0.1) is 0 Å². The lowest BCUT2D eigenvalue weighted by Crippen LogP contribution is -2.32. The molecular weight excluding hydrogens is 160 g/mol. The van der Waals surface area contributed by atoms with Crippen molar-refractivity contribution < 1.29 is 0 Å². The third kappa shape index (κ3) is 3.49. The highest BCUT2D eigenvalue weighted by molar-refractivity contribution is 4.95. The van der Waals surface area contributed by atoms with Crippen molar-refractivity contribution in [2.75, 3.05) is 26.7 Å². The maximum absolute atomic E-state index is 5.73. The Morgan fingerprint density at radius 3 is 2.69 bits per heavy atom. The Morgan fingerprint density at radius 2 is 2.23 bits per heavy atom. The standard InChI is InChI=1S/C11H22N2/c1-3-4-5-8-13(2)10-11(9-12)6-7-11/h3H,1,4-10,12H2,2H3. The van der Waals surface area contributed by atoms with E-state index >= 15 is 0 Å². The summed E-state index contributed by atoms with van der Waals surface area (Å²) in [4.78, 5) is 2.41.